The second-order valence-corrected chi connectivity index (χ2v) is 7.50. The molecule has 0 atom stereocenters. The Labute approximate surface area is 197 Å². The van der Waals surface area contributed by atoms with Gasteiger partial charge in [-0.15, -0.1) is 0 Å². The number of rotatable bonds is 11. The van der Waals surface area contributed by atoms with Crippen molar-refractivity contribution in [2.45, 2.75) is 52.6 Å². The molecule has 2 aromatic heterocycles. The van der Waals surface area contributed by atoms with Crippen LogP contribution in [0.3, 0.4) is 0 Å². The van der Waals surface area contributed by atoms with Crippen LogP contribution in [0.15, 0.2) is 59.0 Å². The molecule has 2 heterocycles. The van der Waals surface area contributed by atoms with Crippen LogP contribution in [0.5, 0.6) is 0 Å². The zero-order valence-corrected chi connectivity index (χ0v) is 19.5. The normalized spacial score (nSPS) is 10.3. The number of ether oxygens (including phenoxy) is 2. The van der Waals surface area contributed by atoms with Gasteiger partial charge in [0, 0.05) is 51.7 Å². The number of aromatic nitrogens is 2. The van der Waals surface area contributed by atoms with E-state index in [9.17, 15) is 19.2 Å². The summed E-state index contributed by atoms with van der Waals surface area (Å²) in [4.78, 5) is 53.3. The molecular weight excluding hydrogens is 440 g/mol. The molecule has 0 radical (unpaired) electrons. The summed E-state index contributed by atoms with van der Waals surface area (Å²) in [6, 6.07) is 6.81. The third-order valence-corrected chi connectivity index (χ3v) is 4.53. The van der Waals surface area contributed by atoms with Crippen LogP contribution in [-0.2, 0) is 41.7 Å². The van der Waals surface area contributed by atoms with E-state index >= 15 is 0 Å². The minimum Gasteiger partial charge on any atom is -0.466 e. The summed E-state index contributed by atoms with van der Waals surface area (Å²) in [7, 11) is 0. The molecule has 10 heteroatoms. The van der Waals surface area contributed by atoms with E-state index < -0.39 is 0 Å². The maximum atomic E-state index is 11.9. The van der Waals surface area contributed by atoms with Crippen molar-refractivity contribution in [3.8, 4) is 0 Å². The first-order valence-corrected chi connectivity index (χ1v) is 11.1. The van der Waals surface area contributed by atoms with Crippen molar-refractivity contribution in [3.63, 3.8) is 0 Å². The number of amides is 2. The Hall–Kier alpha value is -3.82. The second-order valence-electron chi connectivity index (χ2n) is 7.50. The van der Waals surface area contributed by atoms with Crippen molar-refractivity contribution in [2.75, 3.05) is 13.2 Å². The molecule has 0 aliphatic rings. The molecule has 2 aromatic rings. The van der Waals surface area contributed by atoms with Crippen LogP contribution in [-0.4, -0.2) is 46.1 Å². The number of unbranched alkanes of at least 4 members (excludes halogenated alkanes) is 1. The van der Waals surface area contributed by atoms with E-state index in [1.807, 2.05) is 9.13 Å². The highest BCUT2D eigenvalue weighted by Crippen LogP contribution is 1.99. The van der Waals surface area contributed by atoms with Gasteiger partial charge in [0.15, 0.2) is 0 Å². The Morgan fingerprint density at radius 2 is 1.03 bits per heavy atom. The van der Waals surface area contributed by atoms with Crippen LogP contribution < -0.4 is 10.7 Å². The smallest absolute Gasteiger partial charge is 0.307 e. The predicted molar refractivity (Wildman–Crippen MR) is 122 cm³/mol. The minimum atomic E-state index is -0.304. The second kappa shape index (κ2) is 14.4. The number of carbonyl (C=O) groups excluding carboxylic acids is 4. The first kappa shape index (κ1) is 26.4. The van der Waals surface area contributed by atoms with Crippen LogP contribution >= 0.6 is 0 Å². The van der Waals surface area contributed by atoms with E-state index in [4.69, 9.17) is 9.47 Å². The lowest BCUT2D eigenvalue weighted by molar-refractivity contribution is -0.146. The Balaban J connectivity index is 1.53. The highest BCUT2D eigenvalue weighted by Gasteiger charge is 2.05. The Morgan fingerprint density at radius 3 is 1.35 bits per heavy atom. The molecule has 182 valence electrons. The summed E-state index contributed by atoms with van der Waals surface area (Å²) in [5, 5.41) is 1.14. The Kier molecular flexibility index (Phi) is 11.2. The monoisotopic (exact) mass is 470 g/mol. The number of pyridine rings is 2. The molecular formula is C24H30N4O6. The van der Waals surface area contributed by atoms with Crippen LogP contribution in [0.1, 0.15) is 39.5 Å². The Bertz CT molecular complexity index is 1000. The maximum Gasteiger partial charge on any atom is 0.307 e. The minimum absolute atomic E-state index is 0.227. The van der Waals surface area contributed by atoms with Crippen LogP contribution in [0, 0.1) is 0 Å². The quantitative estimate of drug-likeness (QED) is 0.363. The van der Waals surface area contributed by atoms with Gasteiger partial charge in [-0.2, -0.15) is 0 Å². The van der Waals surface area contributed by atoms with Crippen LogP contribution in [0.25, 0.3) is 0 Å². The summed E-state index contributed by atoms with van der Waals surface area (Å²) in [6.07, 6.45) is 8.66. The zero-order valence-electron chi connectivity index (χ0n) is 19.5. The molecule has 2 amide bonds. The van der Waals surface area contributed by atoms with Gasteiger partial charge < -0.3 is 18.6 Å². The molecule has 0 N–H and O–H groups in total. The average Bonchev–Trinajstić information content (AvgIpc) is 2.79. The van der Waals surface area contributed by atoms with Gasteiger partial charge in [-0.25, -0.2) is 9.98 Å². The van der Waals surface area contributed by atoms with Crippen molar-refractivity contribution in [2.24, 2.45) is 9.98 Å². The summed E-state index contributed by atoms with van der Waals surface area (Å²) in [5.41, 5.74) is 0. The first-order valence-electron chi connectivity index (χ1n) is 11.1. The number of hydrogen-bond acceptors (Lipinski definition) is 6. The van der Waals surface area contributed by atoms with Crippen molar-refractivity contribution in [1.29, 1.82) is 0 Å². The third-order valence-electron chi connectivity index (χ3n) is 4.53. The average molecular weight is 471 g/mol. The van der Waals surface area contributed by atoms with Gasteiger partial charge in [-0.05, 0) is 37.1 Å². The van der Waals surface area contributed by atoms with Crippen LogP contribution in [0.4, 0.5) is 0 Å². The number of hydrogen-bond donors (Lipinski definition) is 0. The molecule has 10 nitrogen and oxygen atoms in total. The van der Waals surface area contributed by atoms with Crippen LogP contribution in [0.2, 0.25) is 0 Å². The van der Waals surface area contributed by atoms with E-state index in [-0.39, 0.29) is 49.8 Å². The topological polar surface area (TPSA) is 121 Å². The highest BCUT2D eigenvalue weighted by molar-refractivity contribution is 5.74. The molecule has 0 aliphatic carbocycles. The first-order chi connectivity index (χ1) is 16.3. The highest BCUT2D eigenvalue weighted by atomic mass is 16.5. The fraction of sp³-hybridized carbons (Fsp3) is 0.417. The maximum absolute atomic E-state index is 11.9. The fourth-order valence-corrected chi connectivity index (χ4v) is 2.87. The fourth-order valence-electron chi connectivity index (χ4n) is 2.87. The lowest BCUT2D eigenvalue weighted by Crippen LogP contribution is -2.13. The molecule has 0 aliphatic heterocycles. The molecule has 0 spiro atoms. The number of esters is 2. The molecule has 34 heavy (non-hydrogen) atoms. The zero-order chi connectivity index (χ0) is 24.8. The lowest BCUT2D eigenvalue weighted by atomic mass is 10.3. The summed E-state index contributed by atoms with van der Waals surface area (Å²) in [6.45, 7) is 4.23. The van der Waals surface area contributed by atoms with E-state index in [0.717, 1.165) is 0 Å². The van der Waals surface area contributed by atoms with Gasteiger partial charge in [0.05, 0.1) is 36.8 Å². The van der Waals surface area contributed by atoms with Gasteiger partial charge in [-0.3, -0.25) is 19.2 Å². The summed E-state index contributed by atoms with van der Waals surface area (Å²) in [5.74, 6) is -1.14. The lowest BCUT2D eigenvalue weighted by Gasteiger charge is -2.08. The molecule has 2 rings (SSSR count). The van der Waals surface area contributed by atoms with Crippen molar-refractivity contribution in [1.82, 2.24) is 9.13 Å². The summed E-state index contributed by atoms with van der Waals surface area (Å²) < 4.78 is 14.0. The van der Waals surface area contributed by atoms with Crippen molar-refractivity contribution >= 4 is 23.8 Å². The van der Waals surface area contributed by atoms with Gasteiger partial charge in [0.1, 0.15) is 0 Å². The molecule has 0 aromatic carbocycles. The molecule has 0 fully saturated rings. The largest absolute Gasteiger partial charge is 0.466 e. The number of nitrogens with zero attached hydrogens (tertiary/aromatic N) is 4. The van der Waals surface area contributed by atoms with Crippen molar-refractivity contribution in [3.05, 3.63) is 59.8 Å². The Morgan fingerprint density at radius 1 is 0.676 bits per heavy atom. The summed E-state index contributed by atoms with van der Waals surface area (Å²) >= 11 is 0. The van der Waals surface area contributed by atoms with Crippen molar-refractivity contribution < 1.29 is 28.7 Å². The molecule has 0 bridgehead atoms. The number of carbonyl (C=O) groups is 4. The molecule has 0 unspecified atom stereocenters. The van der Waals surface area contributed by atoms with Gasteiger partial charge in [0.2, 0.25) is 11.8 Å². The van der Waals surface area contributed by atoms with E-state index in [0.29, 0.717) is 36.6 Å². The van der Waals surface area contributed by atoms with E-state index in [1.165, 1.54) is 13.8 Å². The molecule has 0 saturated carbocycles. The van der Waals surface area contributed by atoms with E-state index in [1.54, 1.807) is 49.1 Å². The third kappa shape index (κ3) is 11.2. The molecule has 0 saturated heterocycles. The van der Waals surface area contributed by atoms with E-state index in [2.05, 4.69) is 9.98 Å². The van der Waals surface area contributed by atoms with Gasteiger partial charge in [0.25, 0.3) is 0 Å². The standard InChI is InChI=1S/C24H30N4O6/c1-19(29)25-21-5-11-27(12-6-21)15-9-23(31)33-17-3-4-18-34-24(32)10-16-28-13-7-22(8-14-28)26-20(2)30/h5-8,11-14H,3-4,9-10,15-18H2,1-2H3. The predicted octanol–water partition coefficient (Wildman–Crippen LogP) is 1.53. The SMILES string of the molecule is CC(=O)N=c1ccn(CCC(=O)OCCCCOC(=O)CCn2ccc(=NC(C)=O)cc2)cc1. The van der Waals surface area contributed by atoms with Gasteiger partial charge in [-0.1, -0.05) is 0 Å². The number of aryl methyl sites for hydroxylation is 2. The van der Waals surface area contributed by atoms with Gasteiger partial charge >= 0.3 is 11.9 Å².